The predicted molar refractivity (Wildman–Crippen MR) is 54.9 cm³/mol. The van der Waals surface area contributed by atoms with Crippen molar-refractivity contribution in [3.05, 3.63) is 28.2 Å². The van der Waals surface area contributed by atoms with Crippen molar-refractivity contribution in [3.8, 4) is 0 Å². The Bertz CT molecular complexity index is 431. The lowest BCUT2D eigenvalue weighted by Gasteiger charge is -2.11. The number of rotatable bonds is 0. The van der Waals surface area contributed by atoms with E-state index >= 15 is 0 Å². The summed E-state index contributed by atoms with van der Waals surface area (Å²) in [6, 6.07) is 4.62. The molecule has 0 fully saturated rings. The zero-order valence-electron chi connectivity index (χ0n) is 7.16. The van der Waals surface area contributed by atoms with Gasteiger partial charge in [-0.05, 0) is 17.7 Å². The standard InChI is InChI=1S/C9H7BrN2O2/c10-6-2-1-5-3-8(13)12(9(11)14)7(5)4-6/h1-2,4H,3H2,(H2,11,14). The average Bonchev–Trinajstić information content (AvgIpc) is 2.40. The summed E-state index contributed by atoms with van der Waals surface area (Å²) < 4.78 is 0.817. The fourth-order valence-electron chi connectivity index (χ4n) is 1.51. The van der Waals surface area contributed by atoms with Gasteiger partial charge >= 0.3 is 6.03 Å². The maximum Gasteiger partial charge on any atom is 0.326 e. The van der Waals surface area contributed by atoms with Gasteiger partial charge in [0, 0.05) is 4.47 Å². The third-order valence-electron chi connectivity index (χ3n) is 2.10. The second-order valence-electron chi connectivity index (χ2n) is 3.02. The summed E-state index contributed by atoms with van der Waals surface area (Å²) in [5, 5.41) is 0. The van der Waals surface area contributed by atoms with Crippen LogP contribution in [0.5, 0.6) is 0 Å². The number of hydrogen-bond donors (Lipinski definition) is 1. The molecule has 4 nitrogen and oxygen atoms in total. The van der Waals surface area contributed by atoms with Gasteiger partial charge in [0.05, 0.1) is 12.1 Å². The molecule has 0 saturated carbocycles. The van der Waals surface area contributed by atoms with Gasteiger partial charge in [-0.2, -0.15) is 0 Å². The van der Waals surface area contributed by atoms with Gasteiger partial charge in [0.1, 0.15) is 0 Å². The van der Waals surface area contributed by atoms with E-state index in [1.165, 1.54) is 0 Å². The van der Waals surface area contributed by atoms with Crippen LogP contribution in [0, 0.1) is 0 Å². The molecular formula is C9H7BrN2O2. The van der Waals surface area contributed by atoms with Crippen LogP contribution in [-0.4, -0.2) is 11.9 Å². The van der Waals surface area contributed by atoms with Gasteiger partial charge in [0.15, 0.2) is 0 Å². The van der Waals surface area contributed by atoms with E-state index in [4.69, 9.17) is 5.73 Å². The number of carbonyl (C=O) groups is 2. The van der Waals surface area contributed by atoms with Gasteiger partial charge in [-0.1, -0.05) is 22.0 Å². The molecule has 14 heavy (non-hydrogen) atoms. The van der Waals surface area contributed by atoms with Crippen molar-refractivity contribution in [1.29, 1.82) is 0 Å². The molecule has 1 aromatic rings. The molecule has 0 radical (unpaired) electrons. The minimum Gasteiger partial charge on any atom is -0.351 e. The van der Waals surface area contributed by atoms with Crippen LogP contribution in [0.15, 0.2) is 22.7 Å². The predicted octanol–water partition coefficient (Wildman–Crippen LogP) is 1.42. The SMILES string of the molecule is NC(=O)N1C(=O)Cc2ccc(Br)cc21. The second kappa shape index (κ2) is 3.09. The fourth-order valence-corrected chi connectivity index (χ4v) is 1.86. The van der Waals surface area contributed by atoms with E-state index in [2.05, 4.69) is 15.9 Å². The van der Waals surface area contributed by atoms with Gasteiger partial charge in [-0.3, -0.25) is 4.79 Å². The van der Waals surface area contributed by atoms with Crippen molar-refractivity contribution in [3.63, 3.8) is 0 Å². The smallest absolute Gasteiger partial charge is 0.326 e. The maximum absolute atomic E-state index is 11.4. The van der Waals surface area contributed by atoms with Gasteiger partial charge in [-0.25, -0.2) is 9.69 Å². The van der Waals surface area contributed by atoms with Crippen LogP contribution in [0.1, 0.15) is 5.56 Å². The van der Waals surface area contributed by atoms with Crippen molar-refractivity contribution in [2.24, 2.45) is 5.73 Å². The van der Waals surface area contributed by atoms with Gasteiger partial charge < -0.3 is 5.73 Å². The second-order valence-corrected chi connectivity index (χ2v) is 3.93. The minimum absolute atomic E-state index is 0.242. The van der Waals surface area contributed by atoms with E-state index in [-0.39, 0.29) is 12.3 Å². The van der Waals surface area contributed by atoms with Crippen LogP contribution in [0.4, 0.5) is 10.5 Å². The summed E-state index contributed by atoms with van der Waals surface area (Å²) in [5.74, 6) is -0.273. The fraction of sp³-hybridized carbons (Fsp3) is 0.111. The topological polar surface area (TPSA) is 63.4 Å². The quantitative estimate of drug-likeness (QED) is 0.761. The molecule has 72 valence electrons. The molecule has 0 spiro atoms. The molecule has 1 aliphatic rings. The van der Waals surface area contributed by atoms with E-state index in [9.17, 15) is 9.59 Å². The highest BCUT2D eigenvalue weighted by Crippen LogP contribution is 2.31. The zero-order chi connectivity index (χ0) is 10.3. The summed E-state index contributed by atoms with van der Waals surface area (Å²) in [5.41, 5.74) is 6.51. The van der Waals surface area contributed by atoms with Crippen molar-refractivity contribution in [2.75, 3.05) is 4.90 Å². The van der Waals surface area contributed by atoms with Gasteiger partial charge in [-0.15, -0.1) is 0 Å². The summed E-state index contributed by atoms with van der Waals surface area (Å²) >= 11 is 3.27. The number of primary amides is 1. The van der Waals surface area contributed by atoms with Crippen LogP contribution in [0.2, 0.25) is 0 Å². The average molecular weight is 255 g/mol. The lowest BCUT2D eigenvalue weighted by atomic mass is 10.2. The summed E-state index contributed by atoms with van der Waals surface area (Å²) in [6.45, 7) is 0. The molecular weight excluding hydrogens is 248 g/mol. The van der Waals surface area contributed by atoms with Crippen molar-refractivity contribution in [1.82, 2.24) is 0 Å². The largest absolute Gasteiger partial charge is 0.351 e. The van der Waals surface area contributed by atoms with Crippen molar-refractivity contribution < 1.29 is 9.59 Å². The third kappa shape index (κ3) is 1.29. The number of carbonyl (C=O) groups excluding carboxylic acids is 2. The van der Waals surface area contributed by atoms with Crippen LogP contribution in [0.25, 0.3) is 0 Å². The Kier molecular flexibility index (Phi) is 2.03. The number of hydrogen-bond acceptors (Lipinski definition) is 2. The Hall–Kier alpha value is -1.36. The normalized spacial score (nSPS) is 14.4. The Morgan fingerprint density at radius 3 is 2.86 bits per heavy atom. The zero-order valence-corrected chi connectivity index (χ0v) is 8.74. The van der Waals surface area contributed by atoms with Crippen molar-refractivity contribution in [2.45, 2.75) is 6.42 Å². The van der Waals surface area contributed by atoms with Crippen LogP contribution >= 0.6 is 15.9 Å². The molecule has 1 aliphatic heterocycles. The van der Waals surface area contributed by atoms with Crippen LogP contribution < -0.4 is 10.6 Å². The highest BCUT2D eigenvalue weighted by molar-refractivity contribution is 9.10. The Morgan fingerprint density at radius 2 is 2.21 bits per heavy atom. The molecule has 0 bridgehead atoms. The molecule has 3 amide bonds. The number of anilines is 1. The molecule has 1 aromatic carbocycles. The maximum atomic E-state index is 11.4. The monoisotopic (exact) mass is 254 g/mol. The summed E-state index contributed by atoms with van der Waals surface area (Å²) in [7, 11) is 0. The van der Waals surface area contributed by atoms with Crippen LogP contribution in [0.3, 0.4) is 0 Å². The number of benzene rings is 1. The Balaban J connectivity index is 2.55. The number of amides is 3. The molecule has 0 saturated heterocycles. The molecule has 0 unspecified atom stereocenters. The number of nitrogens with zero attached hydrogens (tertiary/aromatic N) is 1. The molecule has 0 aliphatic carbocycles. The van der Waals surface area contributed by atoms with E-state index < -0.39 is 6.03 Å². The highest BCUT2D eigenvalue weighted by Gasteiger charge is 2.30. The lowest BCUT2D eigenvalue weighted by Crippen LogP contribution is -2.38. The van der Waals surface area contributed by atoms with Gasteiger partial charge in [0.2, 0.25) is 5.91 Å². The van der Waals surface area contributed by atoms with Crippen molar-refractivity contribution >= 4 is 33.6 Å². The van der Waals surface area contributed by atoms with Crippen LogP contribution in [-0.2, 0) is 11.2 Å². The number of nitrogens with two attached hydrogens (primary N) is 1. The van der Waals surface area contributed by atoms with E-state index in [1.54, 1.807) is 12.1 Å². The first kappa shape index (κ1) is 9.21. The molecule has 0 aromatic heterocycles. The lowest BCUT2D eigenvalue weighted by molar-refractivity contribution is -0.116. The molecule has 2 N–H and O–H groups in total. The first-order chi connectivity index (χ1) is 6.59. The molecule has 1 heterocycles. The molecule has 2 rings (SSSR count). The number of urea groups is 1. The van der Waals surface area contributed by atoms with E-state index in [0.717, 1.165) is 14.9 Å². The summed E-state index contributed by atoms with van der Waals surface area (Å²) in [6.07, 6.45) is 0.242. The highest BCUT2D eigenvalue weighted by atomic mass is 79.9. The minimum atomic E-state index is -0.730. The van der Waals surface area contributed by atoms with E-state index in [1.807, 2.05) is 6.07 Å². The third-order valence-corrected chi connectivity index (χ3v) is 2.59. The first-order valence-electron chi connectivity index (χ1n) is 4.00. The molecule has 0 atom stereocenters. The number of halogens is 1. The van der Waals surface area contributed by atoms with Gasteiger partial charge in [0.25, 0.3) is 0 Å². The first-order valence-corrected chi connectivity index (χ1v) is 4.79. The Labute approximate surface area is 88.8 Å². The molecule has 5 heteroatoms. The van der Waals surface area contributed by atoms with E-state index in [0.29, 0.717) is 5.69 Å². The Morgan fingerprint density at radius 1 is 1.50 bits per heavy atom. The number of imide groups is 1. The number of fused-ring (bicyclic) bond motifs is 1. The summed E-state index contributed by atoms with van der Waals surface area (Å²) in [4.78, 5) is 23.4.